The predicted molar refractivity (Wildman–Crippen MR) is 235 cm³/mol. The van der Waals surface area contributed by atoms with Gasteiger partial charge in [-0.05, 0) is 77.0 Å². The number of phosphoric ester groups is 1. The number of esters is 2. The Hall–Kier alpha value is -2.97. The third kappa shape index (κ3) is 27.8. The van der Waals surface area contributed by atoms with Crippen LogP contribution in [0.2, 0.25) is 0 Å². The molecule has 0 amide bonds. The average molecular weight is 867 g/mol. The lowest BCUT2D eigenvalue weighted by Crippen LogP contribution is -2.64. The Morgan fingerprint density at radius 1 is 0.533 bits per heavy atom. The number of hydrogen-bond acceptors (Lipinski definition) is 12. The minimum atomic E-state index is -5.14. The fraction of sp³-hybridized carbons (Fsp3) is 0.652. The Kier molecular flexibility index (Phi) is 32.7. The molecule has 0 heterocycles. The Morgan fingerprint density at radius 2 is 0.967 bits per heavy atom. The standard InChI is InChI=1S/C46H75O13P/c1-3-5-7-9-11-13-15-17-19-20-21-23-25-27-29-31-33-35-40(48)58-38(37-57-60(54,55)59-46-44(52)42(50)41(49)43(51)45(46)53)36-56-39(47)34-32-30-28-26-24-22-18-16-14-12-10-8-6-4-2/h5,7,10-13,16-19,21,23,27,29,38,41-46,49-53H,3-4,6,8-9,14-15,20,22,24-26,28,30-37H2,1-2H3,(H,54,55)/b7-5+,12-10+,13-11+,18-16+,19-17+,23-21+,29-27+/t38-,41?,42-,43?,44?,45?,46?/m1/s1. The molecule has 1 aliphatic carbocycles. The number of aliphatic hydroxyl groups excluding tert-OH is 5. The molecule has 1 saturated carbocycles. The second-order valence-electron chi connectivity index (χ2n) is 14.8. The summed E-state index contributed by atoms with van der Waals surface area (Å²) < 4.78 is 33.4. The molecule has 0 saturated heterocycles. The maximum Gasteiger partial charge on any atom is 0.472 e. The highest BCUT2D eigenvalue weighted by Crippen LogP contribution is 2.47. The van der Waals surface area contributed by atoms with E-state index in [1.54, 1.807) is 0 Å². The van der Waals surface area contributed by atoms with Crippen LogP contribution in [0.3, 0.4) is 0 Å². The molecule has 1 aliphatic rings. The van der Waals surface area contributed by atoms with Crippen molar-refractivity contribution < 1.29 is 63.1 Å². The molecule has 6 unspecified atom stereocenters. The largest absolute Gasteiger partial charge is 0.472 e. The monoisotopic (exact) mass is 866 g/mol. The molecule has 60 heavy (non-hydrogen) atoms. The minimum Gasteiger partial charge on any atom is -0.462 e. The van der Waals surface area contributed by atoms with Crippen molar-refractivity contribution in [3.8, 4) is 0 Å². The molecule has 0 aromatic heterocycles. The molecule has 0 spiro atoms. The molecule has 0 aliphatic heterocycles. The first kappa shape index (κ1) is 55.0. The van der Waals surface area contributed by atoms with E-state index < -0.39 is 75.7 Å². The first-order valence-electron chi connectivity index (χ1n) is 21.9. The van der Waals surface area contributed by atoms with Crippen LogP contribution in [0.15, 0.2) is 85.1 Å². The van der Waals surface area contributed by atoms with Crippen LogP contribution in [-0.4, -0.2) is 98.3 Å². The van der Waals surface area contributed by atoms with Gasteiger partial charge >= 0.3 is 19.8 Å². The number of aliphatic hydroxyl groups is 5. The minimum absolute atomic E-state index is 0.0104. The zero-order valence-corrected chi connectivity index (χ0v) is 36.9. The van der Waals surface area contributed by atoms with Gasteiger partial charge in [0.2, 0.25) is 0 Å². The second-order valence-corrected chi connectivity index (χ2v) is 16.2. The van der Waals surface area contributed by atoms with Crippen LogP contribution in [0, 0.1) is 0 Å². The molecule has 0 aromatic rings. The van der Waals surface area contributed by atoms with Crippen molar-refractivity contribution in [2.24, 2.45) is 0 Å². The van der Waals surface area contributed by atoms with E-state index in [2.05, 4.69) is 86.8 Å². The lowest BCUT2D eigenvalue weighted by molar-refractivity contribution is -0.220. The molecule has 0 bridgehead atoms. The highest BCUT2D eigenvalue weighted by Gasteiger charge is 2.51. The third-order valence-corrected chi connectivity index (χ3v) is 10.5. The van der Waals surface area contributed by atoms with Gasteiger partial charge in [-0.3, -0.25) is 18.6 Å². The van der Waals surface area contributed by atoms with Gasteiger partial charge in [0.25, 0.3) is 0 Å². The second kappa shape index (κ2) is 35.6. The maximum absolute atomic E-state index is 12.8. The maximum atomic E-state index is 12.8. The number of hydrogen-bond donors (Lipinski definition) is 6. The van der Waals surface area contributed by atoms with Gasteiger partial charge in [0.15, 0.2) is 6.10 Å². The first-order chi connectivity index (χ1) is 28.9. The SMILES string of the molecule is CC/C=C/C/C=C/C/C=C/C/C=C/C/C=C/CCCC(=O)O[C@H](COC(=O)CCCCCCC/C=C/C/C=C/CCCC)COP(=O)(O)OC1C(O)C(O)C(O)[C@@H](O)C1O. The van der Waals surface area contributed by atoms with E-state index in [0.29, 0.717) is 19.3 Å². The third-order valence-electron chi connectivity index (χ3n) is 9.47. The van der Waals surface area contributed by atoms with Crippen molar-refractivity contribution >= 4 is 19.8 Å². The van der Waals surface area contributed by atoms with Gasteiger partial charge < -0.3 is 39.9 Å². The van der Waals surface area contributed by atoms with Crippen LogP contribution in [-0.2, 0) is 32.7 Å². The van der Waals surface area contributed by atoms with E-state index in [4.69, 9.17) is 18.5 Å². The topological polar surface area (TPSA) is 210 Å². The van der Waals surface area contributed by atoms with Crippen LogP contribution in [0.5, 0.6) is 0 Å². The van der Waals surface area contributed by atoms with E-state index in [1.165, 1.54) is 12.8 Å². The van der Waals surface area contributed by atoms with Crippen molar-refractivity contribution in [2.45, 2.75) is 179 Å². The number of phosphoric acid groups is 1. The van der Waals surface area contributed by atoms with Gasteiger partial charge in [0.05, 0.1) is 6.61 Å². The number of allylic oxidation sites excluding steroid dienone is 14. The first-order valence-corrected chi connectivity index (χ1v) is 23.4. The number of carbonyl (C=O) groups excluding carboxylic acids is 2. The van der Waals surface area contributed by atoms with Crippen LogP contribution in [0.4, 0.5) is 0 Å². The van der Waals surface area contributed by atoms with Crippen molar-refractivity contribution in [1.82, 2.24) is 0 Å². The highest BCUT2D eigenvalue weighted by atomic mass is 31.2. The molecular formula is C46H75O13P. The van der Waals surface area contributed by atoms with Gasteiger partial charge in [-0.1, -0.05) is 131 Å². The van der Waals surface area contributed by atoms with Crippen LogP contribution >= 0.6 is 7.82 Å². The molecule has 342 valence electrons. The molecule has 1 rings (SSSR count). The Bertz CT molecular complexity index is 1370. The summed E-state index contributed by atoms with van der Waals surface area (Å²) in [6.45, 7) is 3.06. The normalized spacial score (nSPS) is 23.0. The van der Waals surface area contributed by atoms with Gasteiger partial charge in [-0.25, -0.2) is 4.57 Å². The molecule has 13 nitrogen and oxygen atoms in total. The van der Waals surface area contributed by atoms with Crippen molar-refractivity contribution in [3.63, 3.8) is 0 Å². The molecule has 0 radical (unpaired) electrons. The van der Waals surface area contributed by atoms with Gasteiger partial charge in [-0.15, -0.1) is 0 Å². The van der Waals surface area contributed by atoms with Crippen molar-refractivity contribution in [1.29, 1.82) is 0 Å². The van der Waals surface area contributed by atoms with Crippen LogP contribution in [0.1, 0.15) is 136 Å². The van der Waals surface area contributed by atoms with Crippen molar-refractivity contribution in [2.75, 3.05) is 13.2 Å². The summed E-state index contributed by atoms with van der Waals surface area (Å²) in [5.74, 6) is -1.19. The van der Waals surface area contributed by atoms with Crippen LogP contribution < -0.4 is 0 Å². The number of unbranched alkanes of at least 4 members (excludes halogenated alkanes) is 8. The summed E-state index contributed by atoms with van der Waals surface area (Å²) in [6, 6.07) is 0. The summed E-state index contributed by atoms with van der Waals surface area (Å²) in [7, 11) is -5.14. The fourth-order valence-corrected chi connectivity index (χ4v) is 6.90. The summed E-state index contributed by atoms with van der Waals surface area (Å²) in [5, 5.41) is 50.1. The van der Waals surface area contributed by atoms with Gasteiger partial charge in [-0.2, -0.15) is 0 Å². The summed E-state index contributed by atoms with van der Waals surface area (Å²) in [4.78, 5) is 35.6. The molecule has 8 atom stereocenters. The summed E-state index contributed by atoms with van der Waals surface area (Å²) in [6.07, 6.45) is 32.2. The zero-order valence-electron chi connectivity index (χ0n) is 36.0. The Morgan fingerprint density at radius 3 is 1.50 bits per heavy atom. The lowest BCUT2D eigenvalue weighted by atomic mass is 9.85. The molecule has 6 N–H and O–H groups in total. The van der Waals surface area contributed by atoms with Crippen LogP contribution in [0.25, 0.3) is 0 Å². The smallest absolute Gasteiger partial charge is 0.462 e. The van der Waals surface area contributed by atoms with E-state index in [0.717, 1.165) is 77.0 Å². The summed E-state index contributed by atoms with van der Waals surface area (Å²) >= 11 is 0. The molecular weight excluding hydrogens is 791 g/mol. The Labute approximate surface area is 358 Å². The summed E-state index contributed by atoms with van der Waals surface area (Å²) in [5.41, 5.74) is 0. The Balaban J connectivity index is 2.55. The fourth-order valence-electron chi connectivity index (χ4n) is 5.93. The predicted octanol–water partition coefficient (Wildman–Crippen LogP) is 8.11. The van der Waals surface area contributed by atoms with Gasteiger partial charge in [0, 0.05) is 12.8 Å². The lowest BCUT2D eigenvalue weighted by Gasteiger charge is -2.41. The molecule has 0 aromatic carbocycles. The van der Waals surface area contributed by atoms with E-state index in [1.807, 2.05) is 12.2 Å². The van der Waals surface area contributed by atoms with E-state index in [9.17, 15) is 44.6 Å². The number of rotatable bonds is 34. The van der Waals surface area contributed by atoms with Crippen molar-refractivity contribution in [3.05, 3.63) is 85.1 Å². The number of carbonyl (C=O) groups is 2. The van der Waals surface area contributed by atoms with Gasteiger partial charge in [0.1, 0.15) is 43.2 Å². The number of ether oxygens (including phenoxy) is 2. The van der Waals surface area contributed by atoms with E-state index in [-0.39, 0.29) is 12.8 Å². The quantitative estimate of drug-likeness (QED) is 0.0157. The molecule has 14 heteroatoms. The average Bonchev–Trinajstić information content (AvgIpc) is 3.23. The zero-order chi connectivity index (χ0) is 44.3. The van der Waals surface area contributed by atoms with E-state index >= 15 is 0 Å². The highest BCUT2D eigenvalue weighted by molar-refractivity contribution is 7.47. The molecule has 1 fully saturated rings.